The predicted molar refractivity (Wildman–Crippen MR) is 133 cm³/mol. The van der Waals surface area contributed by atoms with Gasteiger partial charge in [0.1, 0.15) is 12.4 Å². The lowest BCUT2D eigenvalue weighted by Crippen LogP contribution is -2.30. The van der Waals surface area contributed by atoms with Gasteiger partial charge >= 0.3 is 0 Å². The molecule has 1 amide bonds. The molecule has 7 nitrogen and oxygen atoms in total. The fraction of sp³-hybridized carbons (Fsp3) is 0.200. The molecular formula is C25H25ClN2O5S. The van der Waals surface area contributed by atoms with Crippen LogP contribution in [-0.2, 0) is 16.6 Å². The molecule has 0 aliphatic carbocycles. The van der Waals surface area contributed by atoms with E-state index >= 15 is 0 Å². The topological polar surface area (TPSA) is 92.8 Å². The number of benzene rings is 3. The third-order valence-corrected chi connectivity index (χ3v) is 6.35. The quantitative estimate of drug-likeness (QED) is 0.330. The Kier molecular flexibility index (Phi) is 8.31. The summed E-state index contributed by atoms with van der Waals surface area (Å²) >= 11 is 5.83. The van der Waals surface area contributed by atoms with E-state index in [4.69, 9.17) is 16.3 Å². The third kappa shape index (κ3) is 7.07. The van der Waals surface area contributed by atoms with Crippen molar-refractivity contribution in [3.63, 3.8) is 0 Å². The fourth-order valence-corrected chi connectivity index (χ4v) is 4.18. The number of ketones is 1. The van der Waals surface area contributed by atoms with Gasteiger partial charge in [0.05, 0.1) is 25.0 Å². The van der Waals surface area contributed by atoms with Crippen molar-refractivity contribution >= 4 is 39.0 Å². The number of carbonyl (C=O) groups excluding carboxylic acids is 2. The van der Waals surface area contributed by atoms with Gasteiger partial charge in [0.15, 0.2) is 5.78 Å². The van der Waals surface area contributed by atoms with Gasteiger partial charge in [-0.25, -0.2) is 8.42 Å². The second-order valence-electron chi connectivity index (χ2n) is 7.63. The van der Waals surface area contributed by atoms with E-state index in [1.54, 1.807) is 72.8 Å². The molecule has 0 heterocycles. The van der Waals surface area contributed by atoms with Gasteiger partial charge in [-0.1, -0.05) is 35.9 Å². The monoisotopic (exact) mass is 500 g/mol. The van der Waals surface area contributed by atoms with E-state index in [1.165, 1.54) is 11.2 Å². The van der Waals surface area contributed by atoms with Crippen LogP contribution in [0, 0.1) is 0 Å². The summed E-state index contributed by atoms with van der Waals surface area (Å²) in [6, 6.07) is 20.1. The minimum absolute atomic E-state index is 0.0665. The Bertz CT molecular complexity index is 1260. The van der Waals surface area contributed by atoms with Crippen molar-refractivity contribution < 1.29 is 22.7 Å². The van der Waals surface area contributed by atoms with Crippen LogP contribution in [0.2, 0.25) is 5.02 Å². The number of hydrogen-bond donors (Lipinski definition) is 1. The maximum absolute atomic E-state index is 12.4. The van der Waals surface area contributed by atoms with Gasteiger partial charge in [-0.3, -0.25) is 13.9 Å². The molecule has 34 heavy (non-hydrogen) atoms. The van der Waals surface area contributed by atoms with Crippen molar-refractivity contribution in [2.24, 2.45) is 0 Å². The first-order valence-electron chi connectivity index (χ1n) is 10.5. The molecular weight excluding hydrogens is 476 g/mol. The average molecular weight is 501 g/mol. The Balaban J connectivity index is 1.60. The largest absolute Gasteiger partial charge is 0.492 e. The molecule has 1 N–H and O–H groups in total. The zero-order valence-electron chi connectivity index (χ0n) is 18.8. The van der Waals surface area contributed by atoms with Crippen LogP contribution in [0.4, 0.5) is 5.69 Å². The second kappa shape index (κ2) is 11.2. The van der Waals surface area contributed by atoms with E-state index < -0.39 is 10.0 Å². The molecule has 0 aliphatic heterocycles. The standard InChI is InChI=1S/C25H25ClN2O5S/c1-18(29)21-4-3-5-23(16-21)28(34(2,31)32)17-19-6-8-20(9-7-19)25(30)27-14-15-33-24-12-10-22(26)11-13-24/h3-13,16H,14-15,17H2,1-2H3,(H,27,30). The first-order chi connectivity index (χ1) is 16.1. The lowest BCUT2D eigenvalue weighted by Gasteiger charge is -2.23. The smallest absolute Gasteiger partial charge is 0.251 e. The second-order valence-corrected chi connectivity index (χ2v) is 9.97. The summed E-state index contributed by atoms with van der Waals surface area (Å²) in [4.78, 5) is 24.1. The van der Waals surface area contributed by atoms with Crippen molar-refractivity contribution in [2.45, 2.75) is 13.5 Å². The molecule has 178 valence electrons. The van der Waals surface area contributed by atoms with Gasteiger partial charge < -0.3 is 10.1 Å². The van der Waals surface area contributed by atoms with Crippen molar-refractivity contribution in [1.29, 1.82) is 0 Å². The number of nitrogens with one attached hydrogen (secondary N) is 1. The summed E-state index contributed by atoms with van der Waals surface area (Å²) in [6.45, 7) is 2.11. The van der Waals surface area contributed by atoms with Crippen LogP contribution < -0.4 is 14.4 Å². The van der Waals surface area contributed by atoms with E-state index in [0.29, 0.717) is 46.3 Å². The van der Waals surface area contributed by atoms with E-state index in [1.807, 2.05) is 0 Å². The lowest BCUT2D eigenvalue weighted by molar-refractivity contribution is 0.0946. The number of halogens is 1. The van der Waals surface area contributed by atoms with E-state index in [2.05, 4.69) is 5.32 Å². The highest BCUT2D eigenvalue weighted by Crippen LogP contribution is 2.22. The third-order valence-electron chi connectivity index (χ3n) is 4.95. The number of sulfonamides is 1. The molecule has 0 aliphatic rings. The van der Waals surface area contributed by atoms with Gasteiger partial charge in [-0.2, -0.15) is 0 Å². The predicted octanol–water partition coefficient (Wildman–Crippen LogP) is 4.32. The molecule has 0 aromatic heterocycles. The summed E-state index contributed by atoms with van der Waals surface area (Å²) in [5.41, 5.74) is 1.97. The van der Waals surface area contributed by atoms with Gasteiger partial charge in [0.25, 0.3) is 5.91 Å². The molecule has 0 spiro atoms. The molecule has 3 rings (SSSR count). The van der Waals surface area contributed by atoms with Crippen LogP contribution in [0.5, 0.6) is 5.75 Å². The molecule has 0 unspecified atom stereocenters. The number of nitrogens with zero attached hydrogens (tertiary/aromatic N) is 1. The Morgan fingerprint density at radius 1 is 0.971 bits per heavy atom. The van der Waals surface area contributed by atoms with Crippen LogP contribution in [0.25, 0.3) is 0 Å². The van der Waals surface area contributed by atoms with Crippen molar-refractivity contribution in [3.05, 3.63) is 94.5 Å². The highest BCUT2D eigenvalue weighted by atomic mass is 35.5. The summed E-state index contributed by atoms with van der Waals surface area (Å²) in [7, 11) is -3.60. The fourth-order valence-electron chi connectivity index (χ4n) is 3.17. The zero-order chi connectivity index (χ0) is 24.7. The highest BCUT2D eigenvalue weighted by Gasteiger charge is 2.19. The number of hydrogen-bond acceptors (Lipinski definition) is 5. The maximum atomic E-state index is 12.4. The summed E-state index contributed by atoms with van der Waals surface area (Å²) < 4.78 is 31.6. The van der Waals surface area contributed by atoms with Crippen LogP contribution >= 0.6 is 11.6 Å². The number of amides is 1. The number of carbonyl (C=O) groups is 2. The molecule has 0 fully saturated rings. The maximum Gasteiger partial charge on any atom is 0.251 e. The SMILES string of the molecule is CC(=O)c1cccc(N(Cc2ccc(C(=O)NCCOc3ccc(Cl)cc3)cc2)S(C)(=O)=O)c1. The van der Waals surface area contributed by atoms with Crippen LogP contribution in [0.15, 0.2) is 72.8 Å². The minimum atomic E-state index is -3.60. The first kappa shape index (κ1) is 25.3. The molecule has 0 bridgehead atoms. The summed E-state index contributed by atoms with van der Waals surface area (Å²) in [5.74, 6) is 0.247. The van der Waals surface area contributed by atoms with E-state index in [0.717, 1.165) is 6.26 Å². The molecule has 0 saturated heterocycles. The number of Topliss-reactive ketones (excluding diaryl/α,β-unsaturated/α-hetero) is 1. The molecule has 0 saturated carbocycles. The van der Waals surface area contributed by atoms with E-state index in [9.17, 15) is 18.0 Å². The van der Waals surface area contributed by atoms with Crippen LogP contribution in [0.1, 0.15) is 33.2 Å². The van der Waals surface area contributed by atoms with Crippen molar-refractivity contribution in [3.8, 4) is 5.75 Å². The van der Waals surface area contributed by atoms with Crippen molar-refractivity contribution in [2.75, 3.05) is 23.7 Å². The number of rotatable bonds is 10. The van der Waals surface area contributed by atoms with Crippen LogP contribution in [-0.4, -0.2) is 39.5 Å². The lowest BCUT2D eigenvalue weighted by atomic mass is 10.1. The van der Waals surface area contributed by atoms with Gasteiger partial charge in [0, 0.05) is 16.1 Å². The van der Waals surface area contributed by atoms with Gasteiger partial charge in [-0.05, 0) is 61.0 Å². The number of anilines is 1. The van der Waals surface area contributed by atoms with Gasteiger partial charge in [-0.15, -0.1) is 0 Å². The van der Waals surface area contributed by atoms with Crippen LogP contribution in [0.3, 0.4) is 0 Å². The Morgan fingerprint density at radius 3 is 2.26 bits per heavy atom. The summed E-state index contributed by atoms with van der Waals surface area (Å²) in [5, 5.41) is 3.40. The Morgan fingerprint density at radius 2 is 1.65 bits per heavy atom. The van der Waals surface area contributed by atoms with Crippen molar-refractivity contribution in [1.82, 2.24) is 5.32 Å². The Labute approximate surface area is 204 Å². The normalized spacial score (nSPS) is 11.0. The number of ether oxygens (including phenoxy) is 1. The van der Waals surface area contributed by atoms with Gasteiger partial charge in [0.2, 0.25) is 10.0 Å². The zero-order valence-corrected chi connectivity index (χ0v) is 20.4. The highest BCUT2D eigenvalue weighted by molar-refractivity contribution is 7.92. The Hall–Kier alpha value is -3.36. The average Bonchev–Trinajstić information content (AvgIpc) is 2.81. The van der Waals surface area contributed by atoms with E-state index in [-0.39, 0.29) is 18.2 Å². The molecule has 9 heteroatoms. The molecule has 3 aromatic rings. The molecule has 3 aromatic carbocycles. The first-order valence-corrected chi connectivity index (χ1v) is 12.7. The summed E-state index contributed by atoms with van der Waals surface area (Å²) in [6.07, 6.45) is 1.11. The minimum Gasteiger partial charge on any atom is -0.492 e. The molecule has 0 radical (unpaired) electrons. The molecule has 0 atom stereocenters.